The fourth-order valence-electron chi connectivity index (χ4n) is 3.45. The van der Waals surface area contributed by atoms with Crippen LogP contribution in [0.5, 0.6) is 0 Å². The number of alkyl halides is 3. The van der Waals surface area contributed by atoms with Crippen LogP contribution in [0.15, 0.2) is 48.8 Å². The molecule has 0 spiro atoms. The second kappa shape index (κ2) is 9.02. The second-order valence-corrected chi connectivity index (χ2v) is 7.31. The molecule has 0 aliphatic carbocycles. The van der Waals surface area contributed by atoms with E-state index < -0.39 is 23.5 Å². The predicted molar refractivity (Wildman–Crippen MR) is 114 cm³/mol. The van der Waals surface area contributed by atoms with Crippen molar-refractivity contribution in [1.29, 1.82) is 0 Å². The van der Waals surface area contributed by atoms with E-state index in [9.17, 15) is 22.4 Å². The lowest BCUT2D eigenvalue weighted by Gasteiger charge is -2.31. The third-order valence-electron chi connectivity index (χ3n) is 5.14. The minimum absolute atomic E-state index is 0.0546. The minimum atomic E-state index is -4.61. The highest BCUT2D eigenvalue weighted by molar-refractivity contribution is 6.06. The average molecular weight is 461 g/mol. The molecule has 1 aliphatic heterocycles. The van der Waals surface area contributed by atoms with Crippen molar-refractivity contribution >= 4 is 23.2 Å². The fourth-order valence-corrected chi connectivity index (χ4v) is 3.45. The molecule has 1 fully saturated rings. The summed E-state index contributed by atoms with van der Waals surface area (Å²) in [6.07, 6.45) is -1.77. The van der Waals surface area contributed by atoms with Gasteiger partial charge in [-0.05, 0) is 35.9 Å². The van der Waals surface area contributed by atoms with Gasteiger partial charge in [0.15, 0.2) is 0 Å². The van der Waals surface area contributed by atoms with Gasteiger partial charge in [-0.15, -0.1) is 0 Å². The van der Waals surface area contributed by atoms with E-state index in [0.717, 1.165) is 18.2 Å². The molecule has 0 atom stereocenters. The van der Waals surface area contributed by atoms with Crippen molar-refractivity contribution in [3.8, 4) is 11.1 Å². The molecular weight excluding hydrogens is 442 g/mol. The number of nitrogen functional groups attached to an aromatic ring is 1. The number of nitrogens with zero attached hydrogens (tertiary/aromatic N) is 3. The number of rotatable bonds is 4. The maximum absolute atomic E-state index is 14.5. The first-order chi connectivity index (χ1) is 15.7. The first-order valence-corrected chi connectivity index (χ1v) is 9.95. The molecule has 1 amide bonds. The molecule has 0 radical (unpaired) electrons. The van der Waals surface area contributed by atoms with E-state index in [4.69, 9.17) is 10.5 Å². The Balaban J connectivity index is 1.68. The zero-order valence-corrected chi connectivity index (χ0v) is 17.2. The van der Waals surface area contributed by atoms with Gasteiger partial charge < -0.3 is 20.7 Å². The number of aromatic nitrogens is 2. The molecule has 3 aromatic rings. The summed E-state index contributed by atoms with van der Waals surface area (Å²) in [6, 6.07) is 6.89. The predicted octanol–water partition coefficient (Wildman–Crippen LogP) is 3.97. The summed E-state index contributed by atoms with van der Waals surface area (Å²) >= 11 is 0. The lowest BCUT2D eigenvalue weighted by Crippen LogP contribution is -2.37. The van der Waals surface area contributed by atoms with Gasteiger partial charge in [-0.3, -0.25) is 4.79 Å². The van der Waals surface area contributed by atoms with Crippen molar-refractivity contribution in [2.45, 2.75) is 6.18 Å². The SMILES string of the molecule is Nc1ncc(-c2ccc(F)c(C(=O)Nc3cc(C(F)(F)F)ccc3N3CCOCC3)c2)cn1. The van der Waals surface area contributed by atoms with Gasteiger partial charge in [0.1, 0.15) is 5.82 Å². The van der Waals surface area contributed by atoms with Gasteiger partial charge in [-0.25, -0.2) is 14.4 Å². The number of carbonyl (C=O) groups excluding carboxylic acids is 1. The monoisotopic (exact) mass is 461 g/mol. The highest BCUT2D eigenvalue weighted by Crippen LogP contribution is 2.36. The summed E-state index contributed by atoms with van der Waals surface area (Å²) in [5.41, 5.74) is 5.46. The summed E-state index contributed by atoms with van der Waals surface area (Å²) in [4.78, 5) is 22.5. The summed E-state index contributed by atoms with van der Waals surface area (Å²) in [7, 11) is 0. The minimum Gasteiger partial charge on any atom is -0.378 e. The quantitative estimate of drug-likeness (QED) is 0.571. The van der Waals surface area contributed by atoms with Crippen LogP contribution in [-0.4, -0.2) is 42.2 Å². The van der Waals surface area contributed by atoms with Crippen LogP contribution in [0.1, 0.15) is 15.9 Å². The number of ether oxygens (including phenoxy) is 1. The van der Waals surface area contributed by atoms with Crippen molar-refractivity contribution in [1.82, 2.24) is 9.97 Å². The Morgan fingerprint density at radius 2 is 1.73 bits per heavy atom. The van der Waals surface area contributed by atoms with Gasteiger partial charge in [0.25, 0.3) is 5.91 Å². The molecule has 11 heteroatoms. The molecule has 4 rings (SSSR count). The van der Waals surface area contributed by atoms with E-state index in [-0.39, 0.29) is 17.2 Å². The number of nitrogens with one attached hydrogen (secondary N) is 1. The van der Waals surface area contributed by atoms with E-state index in [2.05, 4.69) is 15.3 Å². The number of hydrogen-bond donors (Lipinski definition) is 2. The molecule has 172 valence electrons. The molecule has 3 N–H and O–H groups in total. The third kappa shape index (κ3) is 5.03. The molecule has 1 aliphatic rings. The molecular formula is C22H19F4N5O2. The number of anilines is 3. The maximum Gasteiger partial charge on any atom is 0.416 e. The van der Waals surface area contributed by atoms with Crippen molar-refractivity contribution < 1.29 is 27.1 Å². The van der Waals surface area contributed by atoms with E-state index >= 15 is 0 Å². The van der Waals surface area contributed by atoms with Crippen molar-refractivity contribution in [2.24, 2.45) is 0 Å². The number of morpholine rings is 1. The van der Waals surface area contributed by atoms with Gasteiger partial charge in [0.05, 0.1) is 35.7 Å². The Morgan fingerprint density at radius 1 is 1.03 bits per heavy atom. The average Bonchev–Trinajstić information content (AvgIpc) is 2.80. The van der Waals surface area contributed by atoms with Crippen LogP contribution >= 0.6 is 0 Å². The van der Waals surface area contributed by atoms with E-state index in [0.29, 0.717) is 43.1 Å². The smallest absolute Gasteiger partial charge is 0.378 e. The molecule has 1 aromatic heterocycles. The molecule has 0 unspecified atom stereocenters. The number of hydrogen-bond acceptors (Lipinski definition) is 6. The van der Waals surface area contributed by atoms with Crippen molar-refractivity contribution in [3.05, 3.63) is 65.7 Å². The van der Waals surface area contributed by atoms with Crippen LogP contribution in [0.3, 0.4) is 0 Å². The highest BCUT2D eigenvalue weighted by Gasteiger charge is 2.32. The highest BCUT2D eigenvalue weighted by atomic mass is 19.4. The van der Waals surface area contributed by atoms with Crippen LogP contribution in [0, 0.1) is 5.82 Å². The Morgan fingerprint density at radius 3 is 2.39 bits per heavy atom. The van der Waals surface area contributed by atoms with Gasteiger partial charge >= 0.3 is 6.18 Å². The number of benzene rings is 2. The van der Waals surface area contributed by atoms with E-state index in [1.807, 2.05) is 0 Å². The topological polar surface area (TPSA) is 93.4 Å². The van der Waals surface area contributed by atoms with Gasteiger partial charge in [-0.2, -0.15) is 13.2 Å². The van der Waals surface area contributed by atoms with Crippen LogP contribution in [-0.2, 0) is 10.9 Å². The van der Waals surface area contributed by atoms with Crippen LogP contribution < -0.4 is 16.0 Å². The second-order valence-electron chi connectivity index (χ2n) is 7.31. The lowest BCUT2D eigenvalue weighted by atomic mass is 10.0. The lowest BCUT2D eigenvalue weighted by molar-refractivity contribution is -0.137. The van der Waals surface area contributed by atoms with Crippen molar-refractivity contribution in [2.75, 3.05) is 42.3 Å². The normalized spacial score (nSPS) is 14.2. The number of amides is 1. The molecule has 33 heavy (non-hydrogen) atoms. The first-order valence-electron chi connectivity index (χ1n) is 9.95. The molecule has 2 aromatic carbocycles. The number of halogens is 4. The zero-order chi connectivity index (χ0) is 23.6. The van der Waals surface area contributed by atoms with Crippen molar-refractivity contribution in [3.63, 3.8) is 0 Å². The first kappa shape index (κ1) is 22.5. The zero-order valence-electron chi connectivity index (χ0n) is 17.2. The van der Waals surface area contributed by atoms with Gasteiger partial charge in [0.2, 0.25) is 5.95 Å². The largest absolute Gasteiger partial charge is 0.416 e. The summed E-state index contributed by atoms with van der Waals surface area (Å²) in [5.74, 6) is -1.66. The van der Waals surface area contributed by atoms with Gasteiger partial charge in [-0.1, -0.05) is 6.07 Å². The molecule has 2 heterocycles. The summed E-state index contributed by atoms with van der Waals surface area (Å²) in [6.45, 7) is 1.67. The van der Waals surface area contributed by atoms with Crippen LogP contribution in [0.25, 0.3) is 11.1 Å². The van der Waals surface area contributed by atoms with Gasteiger partial charge in [0, 0.05) is 31.0 Å². The van der Waals surface area contributed by atoms with E-state index in [1.165, 1.54) is 30.6 Å². The number of carbonyl (C=O) groups is 1. The Labute approximate surface area is 186 Å². The summed E-state index contributed by atoms with van der Waals surface area (Å²) < 4.78 is 59.7. The third-order valence-corrected chi connectivity index (χ3v) is 5.14. The van der Waals surface area contributed by atoms with Crippen LogP contribution in [0.2, 0.25) is 0 Å². The fraction of sp³-hybridized carbons (Fsp3) is 0.227. The molecule has 1 saturated heterocycles. The standard InChI is InChI=1S/C22H19F4N5O2/c23-17-3-1-13(14-11-28-21(27)29-12-14)9-16(17)20(32)30-18-10-15(22(24,25)26)2-4-19(18)31-5-7-33-8-6-31/h1-4,9-12H,5-8H2,(H,30,32)(H2,27,28,29). The van der Waals surface area contributed by atoms with Crippen LogP contribution in [0.4, 0.5) is 34.9 Å². The number of nitrogens with two attached hydrogens (primary N) is 1. The maximum atomic E-state index is 14.5. The summed E-state index contributed by atoms with van der Waals surface area (Å²) in [5, 5.41) is 2.45. The molecule has 0 saturated carbocycles. The molecule has 0 bridgehead atoms. The molecule has 7 nitrogen and oxygen atoms in total. The Kier molecular flexibility index (Phi) is 6.14. The Bertz CT molecular complexity index is 1160. The van der Waals surface area contributed by atoms with E-state index in [1.54, 1.807) is 4.90 Å². The Hall–Kier alpha value is -3.73.